The lowest BCUT2D eigenvalue weighted by Crippen LogP contribution is -2.32. The second-order valence-electron chi connectivity index (χ2n) is 3.61. The minimum atomic E-state index is -1.28. The molecule has 86 valence electrons. The van der Waals surface area contributed by atoms with Gasteiger partial charge in [-0.15, -0.1) is 0 Å². The third-order valence-corrected chi connectivity index (χ3v) is 2.59. The molecule has 5 heteroatoms. The number of likely N-dealkylation sites (N-methyl/N-ethyl adjacent to an activating group) is 1. The fourth-order valence-corrected chi connectivity index (χ4v) is 1.65. The van der Waals surface area contributed by atoms with Gasteiger partial charge in [0.1, 0.15) is 0 Å². The topological polar surface area (TPSA) is 74.7 Å². The normalized spacial score (nSPS) is 14.1. The molecule has 17 heavy (non-hydrogen) atoms. The molecule has 0 aromatic heterocycles. The number of Topliss-reactive ketones (excluding diaryl/α,β-unsaturated/α-hetero) is 1. The first-order chi connectivity index (χ1) is 8.02. The van der Waals surface area contributed by atoms with Crippen LogP contribution in [0.5, 0.6) is 0 Å². The molecule has 0 aliphatic heterocycles. The Morgan fingerprint density at radius 1 is 1.18 bits per heavy atom. The summed E-state index contributed by atoms with van der Waals surface area (Å²) in [5.74, 6) is -0.812. The van der Waals surface area contributed by atoms with Crippen LogP contribution in [0.15, 0.2) is 36.0 Å². The molecule has 1 N–H and O–H groups in total. The SMILES string of the molecule is CN(C(=O)O)C1=CC(=O)c2ccccc2C1=O. The lowest BCUT2D eigenvalue weighted by Gasteiger charge is -2.20. The molecule has 1 aliphatic carbocycles. The zero-order valence-corrected chi connectivity index (χ0v) is 9.01. The highest BCUT2D eigenvalue weighted by atomic mass is 16.4. The maximum atomic E-state index is 12.0. The van der Waals surface area contributed by atoms with Crippen LogP contribution < -0.4 is 0 Å². The quantitative estimate of drug-likeness (QED) is 0.795. The van der Waals surface area contributed by atoms with Gasteiger partial charge < -0.3 is 5.11 Å². The molecule has 0 bridgehead atoms. The molecule has 1 aromatic rings. The van der Waals surface area contributed by atoms with Gasteiger partial charge in [0, 0.05) is 24.3 Å². The van der Waals surface area contributed by atoms with E-state index in [1.807, 2.05) is 0 Å². The van der Waals surface area contributed by atoms with Crippen LogP contribution >= 0.6 is 0 Å². The molecule has 0 atom stereocenters. The molecule has 0 unspecified atom stereocenters. The van der Waals surface area contributed by atoms with Crippen LogP contribution in [-0.2, 0) is 0 Å². The highest BCUT2D eigenvalue weighted by molar-refractivity contribution is 6.24. The monoisotopic (exact) mass is 231 g/mol. The van der Waals surface area contributed by atoms with E-state index in [2.05, 4.69) is 0 Å². The first kappa shape index (κ1) is 11.1. The summed E-state index contributed by atoms with van der Waals surface area (Å²) in [5.41, 5.74) is 0.421. The molecular formula is C12H9NO4. The number of benzene rings is 1. The van der Waals surface area contributed by atoms with Gasteiger partial charge in [0.05, 0.1) is 5.70 Å². The number of ketones is 2. The van der Waals surface area contributed by atoms with Gasteiger partial charge in [0.25, 0.3) is 0 Å². The number of hydrogen-bond donors (Lipinski definition) is 1. The number of allylic oxidation sites excluding steroid dienone is 2. The Labute approximate surface area is 97.0 Å². The maximum absolute atomic E-state index is 12.0. The second-order valence-corrected chi connectivity index (χ2v) is 3.61. The average molecular weight is 231 g/mol. The molecule has 0 heterocycles. The number of carbonyl (C=O) groups is 3. The molecule has 1 aromatic carbocycles. The third-order valence-electron chi connectivity index (χ3n) is 2.59. The number of fused-ring (bicyclic) bond motifs is 1. The molecular weight excluding hydrogens is 222 g/mol. The maximum Gasteiger partial charge on any atom is 0.411 e. The molecule has 0 spiro atoms. The van der Waals surface area contributed by atoms with Crippen LogP contribution in [0.25, 0.3) is 0 Å². The lowest BCUT2D eigenvalue weighted by molar-refractivity contribution is 0.0950. The fraction of sp³-hybridized carbons (Fsp3) is 0.0833. The molecule has 0 saturated heterocycles. The predicted octanol–water partition coefficient (Wildman–Crippen LogP) is 1.56. The van der Waals surface area contributed by atoms with Gasteiger partial charge >= 0.3 is 6.09 Å². The van der Waals surface area contributed by atoms with Crippen LogP contribution in [-0.4, -0.2) is 34.7 Å². The summed E-state index contributed by atoms with van der Waals surface area (Å²) in [7, 11) is 1.23. The van der Waals surface area contributed by atoms with E-state index in [0.717, 1.165) is 11.0 Å². The van der Waals surface area contributed by atoms with Crippen molar-refractivity contribution in [2.75, 3.05) is 7.05 Å². The van der Waals surface area contributed by atoms with E-state index in [-0.39, 0.29) is 17.0 Å². The Hall–Kier alpha value is -2.43. The number of nitrogens with zero attached hydrogens (tertiary/aromatic N) is 1. The summed E-state index contributed by atoms with van der Waals surface area (Å²) in [5, 5.41) is 8.81. The zero-order valence-electron chi connectivity index (χ0n) is 9.01. The standard InChI is InChI=1S/C12H9NO4/c1-13(12(16)17)9-6-10(14)7-4-2-3-5-8(7)11(9)15/h2-6H,1H3,(H,16,17). The van der Waals surface area contributed by atoms with Crippen LogP contribution in [0.3, 0.4) is 0 Å². The van der Waals surface area contributed by atoms with Crippen molar-refractivity contribution in [1.82, 2.24) is 4.90 Å². The van der Waals surface area contributed by atoms with Crippen LogP contribution in [0.1, 0.15) is 20.7 Å². The average Bonchev–Trinajstić information content (AvgIpc) is 2.33. The number of hydrogen-bond acceptors (Lipinski definition) is 3. The van der Waals surface area contributed by atoms with E-state index in [1.54, 1.807) is 18.2 Å². The number of amides is 1. The first-order valence-corrected chi connectivity index (χ1v) is 4.89. The molecule has 2 rings (SSSR count). The van der Waals surface area contributed by atoms with Gasteiger partial charge in [0.15, 0.2) is 5.78 Å². The van der Waals surface area contributed by atoms with E-state index < -0.39 is 11.9 Å². The van der Waals surface area contributed by atoms with Crippen molar-refractivity contribution in [2.45, 2.75) is 0 Å². The Kier molecular flexibility index (Phi) is 2.51. The van der Waals surface area contributed by atoms with Gasteiger partial charge in [-0.1, -0.05) is 24.3 Å². The molecule has 5 nitrogen and oxygen atoms in total. The van der Waals surface area contributed by atoms with Crippen molar-refractivity contribution >= 4 is 17.7 Å². The van der Waals surface area contributed by atoms with Crippen molar-refractivity contribution in [3.8, 4) is 0 Å². The minimum absolute atomic E-state index is 0.124. The number of rotatable bonds is 1. The predicted molar refractivity (Wildman–Crippen MR) is 59.0 cm³/mol. The van der Waals surface area contributed by atoms with Crippen LogP contribution in [0.2, 0.25) is 0 Å². The highest BCUT2D eigenvalue weighted by Crippen LogP contribution is 2.22. The van der Waals surface area contributed by atoms with Crippen molar-refractivity contribution in [3.05, 3.63) is 47.2 Å². The van der Waals surface area contributed by atoms with Gasteiger partial charge in [0.2, 0.25) is 5.78 Å². The third kappa shape index (κ3) is 1.71. The smallest absolute Gasteiger partial charge is 0.411 e. The molecule has 0 radical (unpaired) electrons. The Balaban J connectivity index is 2.52. The summed E-state index contributed by atoms with van der Waals surface area (Å²) in [6.45, 7) is 0. The summed E-state index contributed by atoms with van der Waals surface area (Å²) in [6.07, 6.45) is -0.226. The largest absolute Gasteiger partial charge is 0.465 e. The van der Waals surface area contributed by atoms with Gasteiger partial charge in [-0.3, -0.25) is 14.5 Å². The van der Waals surface area contributed by atoms with E-state index in [9.17, 15) is 14.4 Å². The van der Waals surface area contributed by atoms with Crippen LogP contribution in [0.4, 0.5) is 4.79 Å². The van der Waals surface area contributed by atoms with E-state index in [0.29, 0.717) is 5.56 Å². The Morgan fingerprint density at radius 3 is 2.35 bits per heavy atom. The molecule has 0 fully saturated rings. The number of carbonyl (C=O) groups excluding carboxylic acids is 2. The molecule has 1 aliphatic rings. The van der Waals surface area contributed by atoms with Crippen molar-refractivity contribution in [2.24, 2.45) is 0 Å². The number of carboxylic acid groups (broad SMARTS) is 1. The summed E-state index contributed by atoms with van der Waals surface area (Å²) >= 11 is 0. The van der Waals surface area contributed by atoms with E-state index in [1.165, 1.54) is 13.1 Å². The minimum Gasteiger partial charge on any atom is -0.465 e. The van der Waals surface area contributed by atoms with E-state index in [4.69, 9.17) is 5.11 Å². The van der Waals surface area contributed by atoms with Crippen LogP contribution in [0, 0.1) is 0 Å². The van der Waals surface area contributed by atoms with Crippen molar-refractivity contribution in [3.63, 3.8) is 0 Å². The molecule has 0 saturated carbocycles. The highest BCUT2D eigenvalue weighted by Gasteiger charge is 2.29. The summed E-state index contributed by atoms with van der Waals surface area (Å²) in [6, 6.07) is 6.35. The molecule has 1 amide bonds. The van der Waals surface area contributed by atoms with Crippen molar-refractivity contribution < 1.29 is 19.5 Å². The summed E-state index contributed by atoms with van der Waals surface area (Å²) in [4.78, 5) is 35.2. The van der Waals surface area contributed by atoms with Gasteiger partial charge in [-0.25, -0.2) is 4.79 Å². The summed E-state index contributed by atoms with van der Waals surface area (Å²) < 4.78 is 0. The second kappa shape index (κ2) is 3.86. The van der Waals surface area contributed by atoms with E-state index >= 15 is 0 Å². The van der Waals surface area contributed by atoms with Gasteiger partial charge in [-0.05, 0) is 0 Å². The van der Waals surface area contributed by atoms with Gasteiger partial charge in [-0.2, -0.15) is 0 Å². The zero-order chi connectivity index (χ0) is 12.6. The fourth-order valence-electron chi connectivity index (χ4n) is 1.65. The Morgan fingerprint density at radius 2 is 1.76 bits per heavy atom. The van der Waals surface area contributed by atoms with Crippen molar-refractivity contribution in [1.29, 1.82) is 0 Å². The lowest BCUT2D eigenvalue weighted by atomic mass is 9.92. The first-order valence-electron chi connectivity index (χ1n) is 4.89. The Bertz CT molecular complexity index is 559.